The number of nitrogens with zero attached hydrogens (tertiary/aromatic N) is 1. The summed E-state index contributed by atoms with van der Waals surface area (Å²) in [7, 11) is 1.07. The molecule has 0 saturated carbocycles. The molecule has 1 unspecified atom stereocenters. The molecule has 138 valence electrons. The average Bonchev–Trinajstić information content (AvgIpc) is 2.85. The van der Waals surface area contributed by atoms with Gasteiger partial charge in [-0.3, -0.25) is 0 Å². The lowest BCUT2D eigenvalue weighted by molar-refractivity contribution is -0.143. The lowest BCUT2D eigenvalue weighted by atomic mass is 10.1. The minimum absolute atomic E-state index is 0.0119. The number of carbonyl (C=O) groups is 1. The van der Waals surface area contributed by atoms with E-state index in [4.69, 9.17) is 17.0 Å². The molecule has 1 aromatic rings. The third kappa shape index (κ3) is 4.53. The Morgan fingerprint density at radius 2 is 1.64 bits per heavy atom. The monoisotopic (exact) mass is 387 g/mol. The first-order valence-electron chi connectivity index (χ1n) is 6.76. The Balaban J connectivity index is 2.38. The fraction of sp³-hybridized carbons (Fsp3) is 0.429. The van der Waals surface area contributed by atoms with Gasteiger partial charge in [0.05, 0.1) is 29.8 Å². The predicted octanol–water partition coefficient (Wildman–Crippen LogP) is 4.41. The highest BCUT2D eigenvalue weighted by molar-refractivity contribution is 7.80. The molecule has 0 aromatic heterocycles. The molecule has 0 radical (unpaired) electrons. The van der Waals surface area contributed by atoms with E-state index in [1.807, 2.05) is 0 Å². The number of thiocarbonyl (C=S) groups is 1. The van der Waals surface area contributed by atoms with Gasteiger partial charge in [-0.15, -0.1) is 0 Å². The molecule has 0 N–H and O–H groups in total. The van der Waals surface area contributed by atoms with Crippen molar-refractivity contribution < 1.29 is 40.6 Å². The van der Waals surface area contributed by atoms with Crippen LogP contribution in [0.3, 0.4) is 0 Å². The van der Waals surface area contributed by atoms with Gasteiger partial charge in [0, 0.05) is 12.1 Å². The van der Waals surface area contributed by atoms with E-state index in [1.54, 1.807) is 0 Å². The second-order valence-corrected chi connectivity index (χ2v) is 5.64. The molecule has 0 amide bonds. The van der Waals surface area contributed by atoms with E-state index in [1.165, 1.54) is 0 Å². The maximum Gasteiger partial charge on any atom is 0.508 e. The van der Waals surface area contributed by atoms with Gasteiger partial charge in [-0.05, 0) is 18.2 Å². The Morgan fingerprint density at radius 1 is 1.12 bits per heavy atom. The summed E-state index contributed by atoms with van der Waals surface area (Å²) >= 11 is 4.99. The van der Waals surface area contributed by atoms with Crippen LogP contribution in [-0.2, 0) is 21.8 Å². The summed E-state index contributed by atoms with van der Waals surface area (Å²) in [5.74, 6) is 0. The minimum atomic E-state index is -4.96. The topological polar surface area (TPSA) is 38.8 Å². The van der Waals surface area contributed by atoms with Gasteiger partial charge in [-0.2, -0.15) is 26.3 Å². The molecular weight excluding hydrogens is 376 g/mol. The number of halogens is 6. The van der Waals surface area contributed by atoms with E-state index in [2.05, 4.69) is 4.74 Å². The van der Waals surface area contributed by atoms with Crippen molar-refractivity contribution in [2.24, 2.45) is 0 Å². The highest BCUT2D eigenvalue weighted by atomic mass is 32.1. The van der Waals surface area contributed by atoms with Crippen molar-refractivity contribution in [2.45, 2.75) is 24.9 Å². The first kappa shape index (κ1) is 19.3. The minimum Gasteiger partial charge on any atom is -0.438 e. The lowest BCUT2D eigenvalue weighted by Crippen LogP contribution is -2.27. The summed E-state index contributed by atoms with van der Waals surface area (Å²) in [6, 6.07) is 1.18. The molecule has 1 atom stereocenters. The van der Waals surface area contributed by atoms with Crippen LogP contribution in [0, 0.1) is 0 Å². The summed E-state index contributed by atoms with van der Waals surface area (Å²) in [5, 5.41) is 0. The molecule has 1 saturated heterocycles. The Morgan fingerprint density at radius 3 is 2.08 bits per heavy atom. The fourth-order valence-corrected chi connectivity index (χ4v) is 2.65. The van der Waals surface area contributed by atoms with Crippen LogP contribution in [0.4, 0.5) is 36.8 Å². The molecule has 1 heterocycles. The molecule has 1 aliphatic rings. The van der Waals surface area contributed by atoms with Crippen LogP contribution >= 0.6 is 12.2 Å². The first-order valence-corrected chi connectivity index (χ1v) is 7.17. The maximum atomic E-state index is 12.9. The van der Waals surface area contributed by atoms with Crippen molar-refractivity contribution in [3.05, 3.63) is 29.3 Å². The molecular formula is C14H11F6NO3S. The summed E-state index contributed by atoms with van der Waals surface area (Å²) in [4.78, 5) is 12.2. The number of anilines is 1. The number of methoxy groups -OCH3 is 1. The Labute approximate surface area is 143 Å². The van der Waals surface area contributed by atoms with E-state index in [0.717, 1.165) is 12.0 Å². The molecule has 0 spiro atoms. The van der Waals surface area contributed by atoms with Gasteiger partial charge in [0.15, 0.2) is 0 Å². The van der Waals surface area contributed by atoms with Crippen molar-refractivity contribution >= 4 is 29.0 Å². The van der Waals surface area contributed by atoms with E-state index >= 15 is 0 Å². The quantitative estimate of drug-likeness (QED) is 0.427. The number of carbonyl (C=O) groups excluding carboxylic acids is 1. The first-order chi connectivity index (χ1) is 11.4. The number of alkyl halides is 6. The molecule has 0 aliphatic carbocycles. The third-order valence-electron chi connectivity index (χ3n) is 3.40. The van der Waals surface area contributed by atoms with Gasteiger partial charge in [-0.1, -0.05) is 12.2 Å². The fourth-order valence-electron chi connectivity index (χ4n) is 2.28. The van der Waals surface area contributed by atoms with Gasteiger partial charge in [0.25, 0.3) is 0 Å². The van der Waals surface area contributed by atoms with E-state index < -0.39 is 35.7 Å². The summed E-state index contributed by atoms with van der Waals surface area (Å²) in [6.07, 6.45) is -11.8. The zero-order chi connectivity index (χ0) is 19.0. The second kappa shape index (κ2) is 6.70. The van der Waals surface area contributed by atoms with Crippen molar-refractivity contribution in [1.29, 1.82) is 0 Å². The Kier molecular flexibility index (Phi) is 5.17. The zero-order valence-corrected chi connectivity index (χ0v) is 13.4. The standard InChI is InChI=1S/C14H11F6NO3S/c1-23-12(22)24-10-5-11(25)21(6-10)9-3-7(13(15,16)17)2-8(4-9)14(18,19)20/h2-4,10H,5-6H2,1H3. The van der Waals surface area contributed by atoms with Gasteiger partial charge < -0.3 is 14.4 Å². The number of benzene rings is 1. The lowest BCUT2D eigenvalue weighted by Gasteiger charge is -2.22. The second-order valence-electron chi connectivity index (χ2n) is 5.17. The van der Waals surface area contributed by atoms with Gasteiger partial charge >= 0.3 is 18.5 Å². The van der Waals surface area contributed by atoms with E-state index in [9.17, 15) is 31.1 Å². The van der Waals surface area contributed by atoms with Crippen molar-refractivity contribution in [2.75, 3.05) is 18.6 Å². The molecule has 1 aromatic carbocycles. The van der Waals surface area contributed by atoms with Crippen LogP contribution in [-0.4, -0.2) is 30.9 Å². The molecule has 1 fully saturated rings. The maximum absolute atomic E-state index is 12.9. The molecule has 11 heteroatoms. The number of hydrogen-bond acceptors (Lipinski definition) is 4. The van der Waals surface area contributed by atoms with Gasteiger partial charge in [0.1, 0.15) is 6.10 Å². The number of ether oxygens (including phenoxy) is 2. The molecule has 25 heavy (non-hydrogen) atoms. The van der Waals surface area contributed by atoms with E-state index in [-0.39, 0.29) is 29.7 Å². The Hall–Kier alpha value is -2.04. The van der Waals surface area contributed by atoms with Gasteiger partial charge in [-0.25, -0.2) is 4.79 Å². The average molecular weight is 387 g/mol. The number of rotatable bonds is 2. The summed E-state index contributed by atoms with van der Waals surface area (Å²) in [6.45, 7) is -0.174. The van der Waals surface area contributed by atoms with Crippen molar-refractivity contribution in [3.63, 3.8) is 0 Å². The number of hydrogen-bond donors (Lipinski definition) is 0. The van der Waals surface area contributed by atoms with Crippen LogP contribution in [0.15, 0.2) is 18.2 Å². The highest BCUT2D eigenvalue weighted by Crippen LogP contribution is 2.39. The molecule has 1 aliphatic heterocycles. The van der Waals surface area contributed by atoms with Crippen LogP contribution < -0.4 is 4.90 Å². The smallest absolute Gasteiger partial charge is 0.438 e. The molecule has 2 rings (SSSR count). The van der Waals surface area contributed by atoms with Crippen molar-refractivity contribution in [3.8, 4) is 0 Å². The van der Waals surface area contributed by atoms with Crippen LogP contribution in [0.2, 0.25) is 0 Å². The predicted molar refractivity (Wildman–Crippen MR) is 78.3 cm³/mol. The SMILES string of the molecule is COC(=O)OC1CC(=S)N(c2cc(C(F)(F)F)cc(C(F)(F)F)c2)C1. The normalized spacial score (nSPS) is 18.4. The highest BCUT2D eigenvalue weighted by Gasteiger charge is 2.39. The van der Waals surface area contributed by atoms with Crippen LogP contribution in [0.25, 0.3) is 0 Å². The summed E-state index contributed by atoms with van der Waals surface area (Å²) in [5.41, 5.74) is -3.27. The summed E-state index contributed by atoms with van der Waals surface area (Å²) < 4.78 is 86.6. The molecule has 4 nitrogen and oxygen atoms in total. The third-order valence-corrected chi connectivity index (χ3v) is 3.79. The van der Waals surface area contributed by atoms with Crippen LogP contribution in [0.5, 0.6) is 0 Å². The van der Waals surface area contributed by atoms with Gasteiger partial charge in [0.2, 0.25) is 0 Å². The van der Waals surface area contributed by atoms with Crippen LogP contribution in [0.1, 0.15) is 17.5 Å². The molecule has 0 bridgehead atoms. The largest absolute Gasteiger partial charge is 0.508 e. The van der Waals surface area contributed by atoms with E-state index in [0.29, 0.717) is 12.1 Å². The van der Waals surface area contributed by atoms with Crippen molar-refractivity contribution in [1.82, 2.24) is 0 Å². The Bertz CT molecular complexity index is 656. The zero-order valence-electron chi connectivity index (χ0n) is 12.6.